The fraction of sp³-hybridized carbons (Fsp3) is 0.0333. The lowest BCUT2D eigenvalue weighted by Gasteiger charge is -2.16. The van der Waals surface area contributed by atoms with Gasteiger partial charge in [0.15, 0.2) is 5.76 Å². The molecule has 6 rings (SSSR count). The van der Waals surface area contributed by atoms with Crippen LogP contribution in [0.5, 0.6) is 5.75 Å². The first kappa shape index (κ1) is 21.1. The van der Waals surface area contributed by atoms with E-state index in [0.29, 0.717) is 11.0 Å². The van der Waals surface area contributed by atoms with E-state index in [1.54, 1.807) is 24.3 Å². The Balaban J connectivity index is 1.65. The third-order valence-electron chi connectivity index (χ3n) is 6.06. The minimum Gasteiger partial charge on any atom is -0.481 e. The van der Waals surface area contributed by atoms with E-state index in [-0.39, 0.29) is 29.1 Å². The summed E-state index contributed by atoms with van der Waals surface area (Å²) in [6.45, 7) is -0.201. The van der Waals surface area contributed by atoms with Gasteiger partial charge < -0.3 is 9.15 Å². The predicted octanol–water partition coefficient (Wildman–Crippen LogP) is 7.62. The van der Waals surface area contributed by atoms with E-state index in [2.05, 4.69) is 6.07 Å². The van der Waals surface area contributed by atoms with Crippen LogP contribution in [0, 0.1) is 11.6 Å². The van der Waals surface area contributed by atoms with Crippen LogP contribution in [0.2, 0.25) is 0 Å². The molecule has 35 heavy (non-hydrogen) atoms. The minimum absolute atomic E-state index is 0.00474. The fourth-order valence-corrected chi connectivity index (χ4v) is 4.53. The average Bonchev–Trinajstić information content (AvgIpc) is 2.86. The van der Waals surface area contributed by atoms with E-state index >= 15 is 0 Å². The largest absolute Gasteiger partial charge is 0.481 e. The predicted molar refractivity (Wildman–Crippen MR) is 134 cm³/mol. The number of hydrogen-bond acceptors (Lipinski definition) is 3. The molecular weight excluding hydrogens is 446 g/mol. The molecule has 3 nitrogen and oxygen atoms in total. The second-order valence-electron chi connectivity index (χ2n) is 8.35. The van der Waals surface area contributed by atoms with Gasteiger partial charge in [-0.15, -0.1) is 0 Å². The Labute approximate surface area is 198 Å². The van der Waals surface area contributed by atoms with Crippen LogP contribution < -0.4 is 10.2 Å². The van der Waals surface area contributed by atoms with Crippen molar-refractivity contribution in [3.63, 3.8) is 0 Å². The highest BCUT2D eigenvalue weighted by Crippen LogP contribution is 2.41. The summed E-state index contributed by atoms with van der Waals surface area (Å²) in [6.07, 6.45) is 0. The standard InChI is InChI=1S/C30H18F2O3/c31-21-13-18(14-22(32)16-21)17-34-30-28(33)25-11-5-6-12-26(25)35-29(30)27-23-9-3-1-7-19(23)15-20-8-2-4-10-24(20)27/h1-16H,17H2. The van der Waals surface area contributed by atoms with Gasteiger partial charge in [-0.05, 0) is 57.4 Å². The van der Waals surface area contributed by atoms with Gasteiger partial charge in [0, 0.05) is 11.6 Å². The lowest BCUT2D eigenvalue weighted by atomic mass is 9.94. The van der Waals surface area contributed by atoms with Gasteiger partial charge in [0.05, 0.1) is 5.39 Å². The lowest BCUT2D eigenvalue weighted by molar-refractivity contribution is 0.296. The summed E-state index contributed by atoms with van der Waals surface area (Å²) in [6, 6.07) is 27.9. The van der Waals surface area contributed by atoms with Crippen molar-refractivity contribution in [1.82, 2.24) is 0 Å². The molecular formula is C30H18F2O3. The van der Waals surface area contributed by atoms with Crippen LogP contribution in [-0.2, 0) is 6.61 Å². The molecule has 6 aromatic rings. The Kier molecular flexibility index (Phi) is 5.03. The number of benzene rings is 5. The van der Waals surface area contributed by atoms with Crippen molar-refractivity contribution in [3.05, 3.63) is 124 Å². The quantitative estimate of drug-likeness (QED) is 0.252. The number of halogens is 2. The van der Waals surface area contributed by atoms with Gasteiger partial charge in [-0.2, -0.15) is 0 Å². The fourth-order valence-electron chi connectivity index (χ4n) is 4.53. The molecule has 0 atom stereocenters. The van der Waals surface area contributed by atoms with E-state index < -0.39 is 11.6 Å². The first-order valence-corrected chi connectivity index (χ1v) is 11.1. The second kappa shape index (κ2) is 8.37. The zero-order valence-corrected chi connectivity index (χ0v) is 18.4. The van der Waals surface area contributed by atoms with Gasteiger partial charge in [-0.25, -0.2) is 8.78 Å². The topological polar surface area (TPSA) is 39.4 Å². The van der Waals surface area contributed by atoms with E-state index in [1.807, 2.05) is 48.5 Å². The highest BCUT2D eigenvalue weighted by molar-refractivity contribution is 6.12. The van der Waals surface area contributed by atoms with Gasteiger partial charge in [0.1, 0.15) is 23.8 Å². The summed E-state index contributed by atoms with van der Waals surface area (Å²) in [5.41, 5.74) is 1.06. The molecule has 0 N–H and O–H groups in total. The third-order valence-corrected chi connectivity index (χ3v) is 6.06. The number of rotatable bonds is 4. The van der Waals surface area contributed by atoms with Gasteiger partial charge >= 0.3 is 0 Å². The van der Waals surface area contributed by atoms with E-state index in [0.717, 1.165) is 33.2 Å². The van der Waals surface area contributed by atoms with Gasteiger partial charge in [0.2, 0.25) is 11.2 Å². The monoisotopic (exact) mass is 464 g/mol. The number of para-hydroxylation sites is 1. The van der Waals surface area contributed by atoms with E-state index in [1.165, 1.54) is 12.1 Å². The Morgan fingerprint density at radius 1 is 0.686 bits per heavy atom. The number of hydrogen-bond donors (Lipinski definition) is 0. The summed E-state index contributed by atoms with van der Waals surface area (Å²) in [4.78, 5) is 13.6. The normalized spacial score (nSPS) is 11.4. The number of ether oxygens (including phenoxy) is 1. The van der Waals surface area contributed by atoms with Crippen molar-refractivity contribution in [2.45, 2.75) is 6.61 Å². The molecule has 0 spiro atoms. The van der Waals surface area contributed by atoms with Crippen molar-refractivity contribution < 1.29 is 17.9 Å². The van der Waals surface area contributed by atoms with Crippen LogP contribution in [0.4, 0.5) is 8.78 Å². The zero-order chi connectivity index (χ0) is 23.9. The first-order chi connectivity index (χ1) is 17.1. The zero-order valence-electron chi connectivity index (χ0n) is 18.4. The van der Waals surface area contributed by atoms with Crippen LogP contribution in [0.25, 0.3) is 43.8 Å². The van der Waals surface area contributed by atoms with Crippen LogP contribution in [0.1, 0.15) is 5.56 Å². The smallest absolute Gasteiger partial charge is 0.235 e. The maximum atomic E-state index is 13.8. The maximum Gasteiger partial charge on any atom is 0.235 e. The molecule has 0 amide bonds. The number of fused-ring (bicyclic) bond motifs is 3. The molecule has 5 heteroatoms. The molecule has 0 aliphatic rings. The Morgan fingerprint density at radius 3 is 1.91 bits per heavy atom. The molecule has 0 saturated carbocycles. The second-order valence-corrected chi connectivity index (χ2v) is 8.35. The molecule has 5 aromatic carbocycles. The van der Waals surface area contributed by atoms with Crippen molar-refractivity contribution >= 4 is 32.5 Å². The molecule has 0 radical (unpaired) electrons. The van der Waals surface area contributed by atoms with Crippen molar-refractivity contribution in [1.29, 1.82) is 0 Å². The molecule has 1 aromatic heterocycles. The van der Waals surface area contributed by atoms with E-state index in [9.17, 15) is 13.6 Å². The lowest BCUT2D eigenvalue weighted by Crippen LogP contribution is -2.10. The SMILES string of the molecule is O=c1c(OCc2cc(F)cc(F)c2)c(-c2c3ccccc3cc3ccccc23)oc2ccccc12. The van der Waals surface area contributed by atoms with Gasteiger partial charge in [0.25, 0.3) is 0 Å². The van der Waals surface area contributed by atoms with E-state index in [4.69, 9.17) is 9.15 Å². The Bertz CT molecular complexity index is 1730. The third kappa shape index (κ3) is 3.71. The summed E-state index contributed by atoms with van der Waals surface area (Å²) in [7, 11) is 0. The summed E-state index contributed by atoms with van der Waals surface area (Å²) >= 11 is 0. The highest BCUT2D eigenvalue weighted by atomic mass is 19.1. The van der Waals surface area contributed by atoms with Crippen molar-refractivity contribution in [2.24, 2.45) is 0 Å². The van der Waals surface area contributed by atoms with Gasteiger partial charge in [-0.1, -0.05) is 60.7 Å². The van der Waals surface area contributed by atoms with Crippen LogP contribution >= 0.6 is 0 Å². The van der Waals surface area contributed by atoms with Crippen LogP contribution in [-0.4, -0.2) is 0 Å². The molecule has 1 heterocycles. The molecule has 0 fully saturated rings. The van der Waals surface area contributed by atoms with Crippen LogP contribution in [0.15, 0.2) is 106 Å². The van der Waals surface area contributed by atoms with Crippen molar-refractivity contribution in [2.75, 3.05) is 0 Å². The molecule has 0 saturated heterocycles. The highest BCUT2D eigenvalue weighted by Gasteiger charge is 2.22. The molecule has 0 bridgehead atoms. The minimum atomic E-state index is -0.714. The summed E-state index contributed by atoms with van der Waals surface area (Å²) in [5, 5.41) is 4.11. The summed E-state index contributed by atoms with van der Waals surface area (Å²) < 4.78 is 39.8. The first-order valence-electron chi connectivity index (χ1n) is 11.1. The molecule has 0 aliphatic carbocycles. The Hall–Kier alpha value is -4.51. The molecule has 0 unspecified atom stereocenters. The molecule has 0 aliphatic heterocycles. The van der Waals surface area contributed by atoms with Gasteiger partial charge in [-0.3, -0.25) is 4.79 Å². The maximum absolute atomic E-state index is 13.8. The van der Waals surface area contributed by atoms with Crippen molar-refractivity contribution in [3.8, 4) is 17.1 Å². The average molecular weight is 464 g/mol. The summed E-state index contributed by atoms with van der Waals surface area (Å²) in [5.74, 6) is -1.16. The molecule has 170 valence electrons. The Morgan fingerprint density at radius 2 is 1.26 bits per heavy atom. The van der Waals surface area contributed by atoms with Crippen LogP contribution in [0.3, 0.4) is 0 Å².